The quantitative estimate of drug-likeness (QED) is 0.211. The molecule has 0 aliphatic carbocycles. The molecule has 4 rings (SSSR count). The summed E-state index contributed by atoms with van der Waals surface area (Å²) < 4.78 is 1.67. The highest BCUT2D eigenvalue weighted by Gasteiger charge is 2.09. The Kier molecular flexibility index (Phi) is 7.35. The maximum absolute atomic E-state index is 12.0. The van der Waals surface area contributed by atoms with Gasteiger partial charge >= 0.3 is 0 Å². The minimum atomic E-state index is -0.173. The summed E-state index contributed by atoms with van der Waals surface area (Å²) in [4.78, 5) is 12.0. The zero-order valence-electron chi connectivity index (χ0n) is 16.8. The number of rotatable bonds is 8. The first-order chi connectivity index (χ1) is 15.2. The lowest BCUT2D eigenvalue weighted by Crippen LogP contribution is -2.19. The van der Waals surface area contributed by atoms with Gasteiger partial charge in [-0.2, -0.15) is 5.10 Å². The molecule has 1 aromatic heterocycles. The van der Waals surface area contributed by atoms with Crippen LogP contribution in [0, 0.1) is 6.92 Å². The maximum atomic E-state index is 12.0. The average Bonchev–Trinajstić information content (AvgIpc) is 3.25. The molecule has 0 aliphatic heterocycles. The predicted octanol–water partition coefficient (Wildman–Crippen LogP) is 5.53. The Labute approximate surface area is 193 Å². The molecule has 3 aromatic carbocycles. The number of amides is 1. The van der Waals surface area contributed by atoms with Crippen molar-refractivity contribution in [2.45, 2.75) is 21.4 Å². The van der Waals surface area contributed by atoms with E-state index in [9.17, 15) is 4.79 Å². The molecule has 0 spiro atoms. The first-order valence-corrected chi connectivity index (χ1v) is 12.4. The van der Waals surface area contributed by atoms with Gasteiger partial charge in [0.1, 0.15) is 0 Å². The normalized spacial score (nSPS) is 11.3. The molecule has 0 aliphatic rings. The van der Waals surface area contributed by atoms with Crippen LogP contribution in [0.25, 0.3) is 10.8 Å². The molecule has 0 unspecified atom stereocenters. The Balaban J connectivity index is 1.25. The summed E-state index contributed by atoms with van der Waals surface area (Å²) in [6, 6.07) is 22.7. The lowest BCUT2D eigenvalue weighted by atomic mass is 10.1. The highest BCUT2D eigenvalue weighted by molar-refractivity contribution is 8.03. The van der Waals surface area contributed by atoms with Gasteiger partial charge in [-0.15, -0.1) is 10.2 Å². The van der Waals surface area contributed by atoms with Crippen molar-refractivity contribution in [2.75, 3.05) is 5.75 Å². The summed E-state index contributed by atoms with van der Waals surface area (Å²) >= 11 is 4.54. The SMILES string of the molecule is Cc1ccc(/C=N/NC(=O)CSc2nnc(SCc3cccc4ccccc34)s2)cc1. The number of thioether (sulfide) groups is 2. The second-order valence-electron chi connectivity index (χ2n) is 6.75. The van der Waals surface area contributed by atoms with Gasteiger partial charge in [0.25, 0.3) is 5.91 Å². The molecular weight excluding hydrogens is 444 g/mol. The Morgan fingerprint density at radius 3 is 2.58 bits per heavy atom. The Hall–Kier alpha value is -2.68. The van der Waals surface area contributed by atoms with E-state index in [1.54, 1.807) is 18.0 Å². The Morgan fingerprint density at radius 1 is 1.00 bits per heavy atom. The fourth-order valence-electron chi connectivity index (χ4n) is 2.86. The van der Waals surface area contributed by atoms with Crippen molar-refractivity contribution in [3.63, 3.8) is 0 Å². The van der Waals surface area contributed by atoms with Crippen molar-refractivity contribution < 1.29 is 4.79 Å². The number of carbonyl (C=O) groups excluding carboxylic acids is 1. The third-order valence-corrected chi connectivity index (χ3v) is 7.66. The highest BCUT2D eigenvalue weighted by Crippen LogP contribution is 2.32. The minimum Gasteiger partial charge on any atom is -0.272 e. The Bertz CT molecular complexity index is 1200. The molecule has 0 atom stereocenters. The number of hydrogen-bond acceptors (Lipinski definition) is 7. The second kappa shape index (κ2) is 10.6. The average molecular weight is 465 g/mol. The van der Waals surface area contributed by atoms with Gasteiger partial charge in [-0.05, 0) is 28.8 Å². The van der Waals surface area contributed by atoms with Crippen LogP contribution in [0.5, 0.6) is 0 Å². The standard InChI is InChI=1S/C23H20N4OS3/c1-16-9-11-17(12-10-16)13-24-25-21(28)15-30-23-27-26-22(31-23)29-14-19-7-4-6-18-5-2-3-8-20(18)19/h2-13H,14-15H2,1H3,(H,25,28)/b24-13+. The maximum Gasteiger partial charge on any atom is 0.250 e. The number of benzene rings is 3. The zero-order chi connectivity index (χ0) is 21.5. The molecule has 31 heavy (non-hydrogen) atoms. The molecule has 1 heterocycles. The lowest BCUT2D eigenvalue weighted by molar-refractivity contribution is -0.118. The van der Waals surface area contributed by atoms with Crippen molar-refractivity contribution in [1.29, 1.82) is 0 Å². The largest absolute Gasteiger partial charge is 0.272 e. The van der Waals surface area contributed by atoms with E-state index in [4.69, 9.17) is 0 Å². The summed E-state index contributed by atoms with van der Waals surface area (Å²) in [6.07, 6.45) is 1.63. The topological polar surface area (TPSA) is 67.2 Å². The van der Waals surface area contributed by atoms with Gasteiger partial charge in [0.05, 0.1) is 12.0 Å². The number of aromatic nitrogens is 2. The predicted molar refractivity (Wildman–Crippen MR) is 131 cm³/mol. The highest BCUT2D eigenvalue weighted by atomic mass is 32.2. The summed E-state index contributed by atoms with van der Waals surface area (Å²) in [6.45, 7) is 2.03. The van der Waals surface area contributed by atoms with Gasteiger partial charge in [0, 0.05) is 5.75 Å². The van der Waals surface area contributed by atoms with Gasteiger partial charge < -0.3 is 0 Å². The first kappa shape index (κ1) is 21.5. The fourth-order valence-corrected chi connectivity index (χ4v) is 5.68. The monoisotopic (exact) mass is 464 g/mol. The molecule has 0 saturated heterocycles. The van der Waals surface area contributed by atoms with Gasteiger partial charge in [-0.3, -0.25) is 4.79 Å². The molecule has 0 radical (unpaired) electrons. The molecular formula is C23H20N4OS3. The third-order valence-electron chi connectivity index (χ3n) is 4.43. The number of nitrogens with one attached hydrogen (secondary N) is 1. The van der Waals surface area contributed by atoms with Crippen molar-refractivity contribution in [2.24, 2.45) is 5.10 Å². The summed E-state index contributed by atoms with van der Waals surface area (Å²) in [5.74, 6) is 0.899. The first-order valence-electron chi connectivity index (χ1n) is 9.62. The molecule has 1 amide bonds. The summed E-state index contributed by atoms with van der Waals surface area (Å²) in [5, 5.41) is 14.9. The van der Waals surface area contributed by atoms with E-state index >= 15 is 0 Å². The zero-order valence-corrected chi connectivity index (χ0v) is 19.3. The van der Waals surface area contributed by atoms with Crippen LogP contribution in [0.2, 0.25) is 0 Å². The summed E-state index contributed by atoms with van der Waals surface area (Å²) in [5.41, 5.74) is 5.95. The minimum absolute atomic E-state index is 0.173. The molecule has 5 nitrogen and oxygen atoms in total. The van der Waals surface area contributed by atoms with E-state index in [0.29, 0.717) is 0 Å². The number of hydrazone groups is 1. The molecule has 0 saturated carbocycles. The molecule has 156 valence electrons. The van der Waals surface area contributed by atoms with E-state index in [-0.39, 0.29) is 11.7 Å². The molecule has 8 heteroatoms. The van der Waals surface area contributed by atoms with Crippen LogP contribution in [-0.4, -0.2) is 28.1 Å². The number of nitrogens with zero attached hydrogens (tertiary/aromatic N) is 3. The Morgan fingerprint density at radius 2 is 1.74 bits per heavy atom. The van der Waals surface area contributed by atoms with E-state index in [0.717, 1.165) is 20.0 Å². The van der Waals surface area contributed by atoms with Gasteiger partial charge in [-0.1, -0.05) is 107 Å². The third kappa shape index (κ3) is 6.16. The number of carbonyl (C=O) groups is 1. The number of hydrogen-bond donors (Lipinski definition) is 1. The second-order valence-corrected chi connectivity index (χ2v) is 10.2. The van der Waals surface area contributed by atoms with Crippen LogP contribution < -0.4 is 5.43 Å². The lowest BCUT2D eigenvalue weighted by Gasteiger charge is -2.04. The molecule has 4 aromatic rings. The van der Waals surface area contributed by atoms with E-state index in [1.165, 1.54) is 45.0 Å². The molecule has 0 fully saturated rings. The van der Waals surface area contributed by atoms with Crippen LogP contribution >= 0.6 is 34.9 Å². The van der Waals surface area contributed by atoms with Crippen molar-refractivity contribution in [3.8, 4) is 0 Å². The van der Waals surface area contributed by atoms with Gasteiger partial charge in [0.2, 0.25) is 0 Å². The van der Waals surface area contributed by atoms with Crippen LogP contribution in [-0.2, 0) is 10.5 Å². The van der Waals surface area contributed by atoms with Crippen LogP contribution in [0.3, 0.4) is 0 Å². The summed E-state index contributed by atoms with van der Waals surface area (Å²) in [7, 11) is 0. The number of fused-ring (bicyclic) bond motifs is 1. The molecule has 0 bridgehead atoms. The van der Waals surface area contributed by atoms with Crippen molar-refractivity contribution in [3.05, 3.63) is 83.4 Å². The molecule has 1 N–H and O–H groups in total. The smallest absolute Gasteiger partial charge is 0.250 e. The van der Waals surface area contributed by atoms with Crippen LogP contribution in [0.15, 0.2) is 80.5 Å². The van der Waals surface area contributed by atoms with E-state index in [1.807, 2.05) is 31.2 Å². The van der Waals surface area contributed by atoms with Gasteiger partial charge in [-0.25, -0.2) is 5.43 Å². The van der Waals surface area contributed by atoms with Crippen molar-refractivity contribution >= 4 is 57.8 Å². The van der Waals surface area contributed by atoms with Crippen LogP contribution in [0.1, 0.15) is 16.7 Å². The van der Waals surface area contributed by atoms with Crippen molar-refractivity contribution in [1.82, 2.24) is 15.6 Å². The van der Waals surface area contributed by atoms with E-state index < -0.39 is 0 Å². The van der Waals surface area contributed by atoms with Gasteiger partial charge in [0.15, 0.2) is 8.68 Å². The van der Waals surface area contributed by atoms with Crippen LogP contribution in [0.4, 0.5) is 0 Å². The van der Waals surface area contributed by atoms with E-state index in [2.05, 4.69) is 63.2 Å². The number of aryl methyl sites for hydroxylation is 1. The fraction of sp³-hybridized carbons (Fsp3) is 0.130.